The second-order valence-corrected chi connectivity index (χ2v) is 13.8. The van der Waals surface area contributed by atoms with E-state index in [9.17, 15) is 55.5 Å². The molecule has 0 aliphatic rings. The molecule has 0 rings (SSSR count). The van der Waals surface area contributed by atoms with Gasteiger partial charge in [-0.1, -0.05) is 0 Å². The lowest BCUT2D eigenvalue weighted by Gasteiger charge is -2.15. The first-order valence-electron chi connectivity index (χ1n) is 14.5. The number of rotatable bonds is 28. The monoisotopic (exact) mass is 717 g/mol. The molecular formula is C26H43N3O16S2. The number of hydrogen-bond acceptors (Lipinski definition) is 13. The zero-order valence-corrected chi connectivity index (χ0v) is 27.6. The van der Waals surface area contributed by atoms with Crippen molar-refractivity contribution >= 4 is 61.4 Å². The Hall–Kier alpha value is -3.53. The SMILES string of the molecule is CC(=O)CC[C@@H](NC(=O)CCC(CC(=O)COCCOCCNC(=O)CCCS(=O)(=O)NC(=O)CCCS(=O)(=O)O)C(=O)O)C(=O)O. The lowest BCUT2D eigenvalue weighted by atomic mass is 9.97. The number of hydrogen-bond donors (Lipinski definition) is 6. The summed E-state index contributed by atoms with van der Waals surface area (Å²) in [5, 5.41) is 23.3. The molecule has 47 heavy (non-hydrogen) atoms. The van der Waals surface area contributed by atoms with Crippen molar-refractivity contribution in [2.75, 3.05) is 44.5 Å². The Labute approximate surface area is 272 Å². The highest BCUT2D eigenvalue weighted by molar-refractivity contribution is 7.90. The van der Waals surface area contributed by atoms with E-state index in [1.54, 1.807) is 4.72 Å². The lowest BCUT2D eigenvalue weighted by Crippen LogP contribution is -2.41. The molecule has 3 amide bonds. The largest absolute Gasteiger partial charge is 0.481 e. The molecule has 2 atom stereocenters. The summed E-state index contributed by atoms with van der Waals surface area (Å²) in [6, 6.07) is -1.30. The standard InChI is InChI=1S/C26H43N3O16S2/c1-18(30)6-8-21(26(37)38)28-23(33)9-7-19(25(35)36)16-20(31)17-45-13-12-44-11-10-27-22(32)4-2-14-46(39,40)29-24(34)5-3-15-47(41,42)43/h19,21H,2-17H2,1H3,(H,27,32)(H,28,33)(H,29,34)(H,35,36)(H,37,38)(H,41,42,43)/t19?,21-/m1/s1. The molecule has 1 unspecified atom stereocenters. The smallest absolute Gasteiger partial charge is 0.326 e. The Morgan fingerprint density at radius 3 is 1.94 bits per heavy atom. The van der Waals surface area contributed by atoms with Gasteiger partial charge < -0.3 is 35.1 Å². The van der Waals surface area contributed by atoms with Gasteiger partial charge in [0.05, 0.1) is 37.2 Å². The van der Waals surface area contributed by atoms with Gasteiger partial charge in [0.2, 0.25) is 27.7 Å². The molecule has 6 N–H and O–H groups in total. The Morgan fingerprint density at radius 1 is 0.723 bits per heavy atom. The molecule has 0 heterocycles. The van der Waals surface area contributed by atoms with Crippen LogP contribution < -0.4 is 15.4 Å². The Morgan fingerprint density at radius 2 is 1.34 bits per heavy atom. The summed E-state index contributed by atoms with van der Waals surface area (Å²) in [5.41, 5.74) is 0. The van der Waals surface area contributed by atoms with E-state index < -0.39 is 98.5 Å². The number of aliphatic carboxylic acids is 2. The van der Waals surface area contributed by atoms with Crippen LogP contribution in [0, 0.1) is 5.92 Å². The molecule has 21 heteroatoms. The predicted octanol–water partition coefficient (Wildman–Crippen LogP) is -1.59. The van der Waals surface area contributed by atoms with Gasteiger partial charge in [0.15, 0.2) is 5.78 Å². The average molecular weight is 718 g/mol. The van der Waals surface area contributed by atoms with Crippen LogP contribution in [0.5, 0.6) is 0 Å². The Kier molecular flexibility index (Phi) is 21.2. The first kappa shape index (κ1) is 43.5. The third-order valence-electron chi connectivity index (χ3n) is 6.06. The van der Waals surface area contributed by atoms with E-state index >= 15 is 0 Å². The molecule has 0 saturated carbocycles. The van der Waals surface area contributed by atoms with Crippen LogP contribution in [0.15, 0.2) is 0 Å². The number of nitrogens with one attached hydrogen (secondary N) is 3. The van der Waals surface area contributed by atoms with Crippen LogP contribution in [-0.4, -0.2) is 123 Å². The lowest BCUT2D eigenvalue weighted by molar-refractivity contribution is -0.145. The number of ketones is 2. The van der Waals surface area contributed by atoms with Gasteiger partial charge in [0.1, 0.15) is 18.4 Å². The van der Waals surface area contributed by atoms with Gasteiger partial charge in [-0.05, 0) is 32.6 Å². The normalized spacial score (nSPS) is 12.8. The molecule has 0 saturated heterocycles. The molecule has 0 aromatic carbocycles. The van der Waals surface area contributed by atoms with Crippen LogP contribution in [0.3, 0.4) is 0 Å². The highest BCUT2D eigenvalue weighted by Gasteiger charge is 2.25. The Bertz CT molecular complexity index is 1300. The van der Waals surface area contributed by atoms with Gasteiger partial charge in [-0.3, -0.25) is 33.2 Å². The zero-order chi connectivity index (χ0) is 36.0. The molecule has 0 aliphatic heterocycles. The number of carbonyl (C=O) groups excluding carboxylic acids is 5. The number of amides is 3. The fraction of sp³-hybridized carbons (Fsp3) is 0.731. The molecule has 0 radical (unpaired) electrons. The Balaban J connectivity index is 4.12. The van der Waals surface area contributed by atoms with Crippen molar-refractivity contribution in [1.82, 2.24) is 15.4 Å². The minimum Gasteiger partial charge on any atom is -0.481 e. The van der Waals surface area contributed by atoms with E-state index in [1.165, 1.54) is 6.92 Å². The number of carboxylic acid groups (broad SMARTS) is 2. The molecule has 0 fully saturated rings. The summed E-state index contributed by atoms with van der Waals surface area (Å²) in [6.45, 7) is 0.989. The van der Waals surface area contributed by atoms with Gasteiger partial charge in [0.25, 0.3) is 10.1 Å². The van der Waals surface area contributed by atoms with Crippen LogP contribution in [-0.2, 0) is 63.2 Å². The van der Waals surface area contributed by atoms with Crippen molar-refractivity contribution in [3.63, 3.8) is 0 Å². The average Bonchev–Trinajstić information content (AvgIpc) is 2.93. The fourth-order valence-electron chi connectivity index (χ4n) is 3.69. The van der Waals surface area contributed by atoms with E-state index in [0.29, 0.717) is 0 Å². The minimum atomic E-state index is -4.27. The van der Waals surface area contributed by atoms with Crippen molar-refractivity contribution in [1.29, 1.82) is 0 Å². The van der Waals surface area contributed by atoms with Crippen molar-refractivity contribution in [3.05, 3.63) is 0 Å². The van der Waals surface area contributed by atoms with E-state index in [2.05, 4.69) is 10.6 Å². The summed E-state index contributed by atoms with van der Waals surface area (Å²) in [4.78, 5) is 81.5. The van der Waals surface area contributed by atoms with Gasteiger partial charge >= 0.3 is 11.9 Å². The second kappa shape index (κ2) is 22.9. The van der Waals surface area contributed by atoms with Gasteiger partial charge in [0, 0.05) is 38.6 Å². The van der Waals surface area contributed by atoms with Gasteiger partial charge in [-0.15, -0.1) is 0 Å². The quantitative estimate of drug-likeness (QED) is 0.0392. The van der Waals surface area contributed by atoms with Crippen LogP contribution in [0.1, 0.15) is 64.7 Å². The van der Waals surface area contributed by atoms with Gasteiger partial charge in [-0.2, -0.15) is 8.42 Å². The highest BCUT2D eigenvalue weighted by Crippen LogP contribution is 2.13. The van der Waals surface area contributed by atoms with Gasteiger partial charge in [-0.25, -0.2) is 13.2 Å². The van der Waals surface area contributed by atoms with Crippen LogP contribution in [0.4, 0.5) is 0 Å². The van der Waals surface area contributed by atoms with E-state index in [4.69, 9.17) is 19.1 Å². The first-order chi connectivity index (χ1) is 21.8. The summed E-state index contributed by atoms with van der Waals surface area (Å²) < 4.78 is 65.7. The second-order valence-electron chi connectivity index (χ2n) is 10.4. The third-order valence-corrected chi connectivity index (χ3v) is 8.23. The van der Waals surface area contributed by atoms with Crippen molar-refractivity contribution in [3.8, 4) is 0 Å². The molecule has 0 aliphatic carbocycles. The van der Waals surface area contributed by atoms with E-state index in [1.807, 2.05) is 0 Å². The van der Waals surface area contributed by atoms with E-state index in [0.717, 1.165) is 0 Å². The molecule has 0 spiro atoms. The molecule has 19 nitrogen and oxygen atoms in total. The summed E-state index contributed by atoms with van der Waals surface area (Å²) in [5.74, 6) is -8.03. The molecule has 0 aromatic rings. The van der Waals surface area contributed by atoms with Crippen molar-refractivity contribution < 1.29 is 74.6 Å². The molecular weight excluding hydrogens is 674 g/mol. The summed E-state index contributed by atoms with van der Waals surface area (Å²) in [7, 11) is -8.31. The maximum absolute atomic E-state index is 12.1. The number of carboxylic acids is 2. The topological polar surface area (TPSA) is 303 Å². The fourth-order valence-corrected chi connectivity index (χ4v) is 5.28. The van der Waals surface area contributed by atoms with Crippen LogP contribution in [0.2, 0.25) is 0 Å². The maximum Gasteiger partial charge on any atom is 0.326 e. The number of carbonyl (C=O) groups is 7. The predicted molar refractivity (Wildman–Crippen MR) is 161 cm³/mol. The number of Topliss-reactive ketones (excluding diaryl/α,β-unsaturated/α-hetero) is 2. The summed E-state index contributed by atoms with van der Waals surface area (Å²) in [6.07, 6.45) is -2.14. The van der Waals surface area contributed by atoms with E-state index in [-0.39, 0.29) is 77.1 Å². The minimum absolute atomic E-state index is 0.0300. The molecule has 270 valence electrons. The van der Waals surface area contributed by atoms with Crippen LogP contribution >= 0.6 is 0 Å². The van der Waals surface area contributed by atoms with Crippen molar-refractivity contribution in [2.45, 2.75) is 70.8 Å². The number of ether oxygens (including phenoxy) is 2. The maximum atomic E-state index is 12.1. The van der Waals surface area contributed by atoms with Crippen molar-refractivity contribution in [2.24, 2.45) is 5.92 Å². The molecule has 0 aromatic heterocycles. The summed E-state index contributed by atoms with van der Waals surface area (Å²) >= 11 is 0. The third kappa shape index (κ3) is 25.3. The zero-order valence-electron chi connectivity index (χ0n) is 25.9. The van der Waals surface area contributed by atoms with Crippen LogP contribution in [0.25, 0.3) is 0 Å². The number of sulfonamides is 1. The molecule has 0 bridgehead atoms. The first-order valence-corrected chi connectivity index (χ1v) is 17.7. The highest BCUT2D eigenvalue weighted by atomic mass is 32.2.